The molecule has 0 atom stereocenters. The smallest absolute Gasteiger partial charge is 0.226 e. The first-order chi connectivity index (χ1) is 9.45. The van der Waals surface area contributed by atoms with Gasteiger partial charge in [0, 0.05) is 12.7 Å². The van der Waals surface area contributed by atoms with E-state index in [-0.39, 0.29) is 10.9 Å². The Labute approximate surface area is 114 Å². The van der Waals surface area contributed by atoms with Crippen LogP contribution in [0.25, 0.3) is 11.0 Å². The number of sulfone groups is 1. The third-order valence-electron chi connectivity index (χ3n) is 2.90. The molecule has 0 aliphatic carbocycles. The summed E-state index contributed by atoms with van der Waals surface area (Å²) in [7, 11) is -1.98. The van der Waals surface area contributed by atoms with Crippen molar-refractivity contribution < 1.29 is 8.42 Å². The van der Waals surface area contributed by atoms with Crippen molar-refractivity contribution in [3.8, 4) is 0 Å². The van der Waals surface area contributed by atoms with Crippen LogP contribution in [0.4, 0.5) is 5.69 Å². The van der Waals surface area contributed by atoms with Crippen LogP contribution in [0.3, 0.4) is 0 Å². The summed E-state index contributed by atoms with van der Waals surface area (Å²) in [6.45, 7) is 0. The van der Waals surface area contributed by atoms with Crippen molar-refractivity contribution in [3.05, 3.63) is 30.4 Å². The number of nitrogen functional groups attached to an aromatic ring is 1. The maximum Gasteiger partial charge on any atom is 0.226 e. The summed E-state index contributed by atoms with van der Waals surface area (Å²) < 4.78 is 26.0. The number of anilines is 1. The van der Waals surface area contributed by atoms with Gasteiger partial charge in [-0.2, -0.15) is 5.10 Å². The van der Waals surface area contributed by atoms with Crippen LogP contribution in [-0.2, 0) is 22.6 Å². The topological polar surface area (TPSA) is 120 Å². The van der Waals surface area contributed by atoms with Crippen LogP contribution in [0.15, 0.2) is 29.7 Å². The molecule has 3 aromatic rings. The lowest BCUT2D eigenvalue weighted by molar-refractivity contribution is 0.584. The van der Waals surface area contributed by atoms with Crippen molar-refractivity contribution in [1.82, 2.24) is 24.7 Å². The minimum absolute atomic E-state index is 0.0962. The number of imidazole rings is 1. The van der Waals surface area contributed by atoms with E-state index in [0.29, 0.717) is 22.5 Å². The minimum atomic E-state index is -3.61. The van der Waals surface area contributed by atoms with Crippen molar-refractivity contribution in [2.75, 3.05) is 5.73 Å². The highest BCUT2D eigenvalue weighted by Gasteiger charge is 2.22. The molecule has 0 radical (unpaired) electrons. The Balaban J connectivity index is 2.03. The summed E-state index contributed by atoms with van der Waals surface area (Å²) in [5, 5.41) is 3.75. The van der Waals surface area contributed by atoms with E-state index in [2.05, 4.69) is 20.1 Å². The molecule has 8 nitrogen and oxygen atoms in total. The van der Waals surface area contributed by atoms with E-state index in [1.165, 1.54) is 11.0 Å². The van der Waals surface area contributed by atoms with Gasteiger partial charge in [-0.25, -0.2) is 18.4 Å². The van der Waals surface area contributed by atoms with Crippen LogP contribution in [-0.4, -0.2) is 33.2 Å². The van der Waals surface area contributed by atoms with Gasteiger partial charge < -0.3 is 10.7 Å². The number of benzene rings is 1. The standard InChI is InChI=1S/C11H12N6O2S/c1-17-10(13-6-14-17)5-20(18,19)11-15-8-3-2-7(12)4-9(8)16-11/h2-4,6H,5,12H2,1H3,(H,15,16). The van der Waals surface area contributed by atoms with Crippen LogP contribution >= 0.6 is 0 Å². The van der Waals surface area contributed by atoms with Gasteiger partial charge in [-0.05, 0) is 18.2 Å². The molecule has 0 saturated carbocycles. The highest BCUT2D eigenvalue weighted by atomic mass is 32.2. The van der Waals surface area contributed by atoms with Gasteiger partial charge >= 0.3 is 0 Å². The lowest BCUT2D eigenvalue weighted by Gasteiger charge is -2.00. The number of rotatable bonds is 3. The highest BCUT2D eigenvalue weighted by molar-refractivity contribution is 7.90. The zero-order valence-electron chi connectivity index (χ0n) is 10.6. The number of aromatic nitrogens is 5. The molecule has 0 fully saturated rings. The molecule has 0 bridgehead atoms. The van der Waals surface area contributed by atoms with Crippen molar-refractivity contribution in [2.24, 2.45) is 7.05 Å². The van der Waals surface area contributed by atoms with Gasteiger partial charge in [0.1, 0.15) is 17.9 Å². The number of hydrogen-bond acceptors (Lipinski definition) is 6. The molecular formula is C11H12N6O2S. The summed E-state index contributed by atoms with van der Waals surface area (Å²) in [4.78, 5) is 10.8. The number of aryl methyl sites for hydroxylation is 1. The van der Waals surface area contributed by atoms with Gasteiger partial charge in [0.25, 0.3) is 0 Å². The van der Waals surface area contributed by atoms with E-state index >= 15 is 0 Å². The van der Waals surface area contributed by atoms with E-state index in [0.717, 1.165) is 0 Å². The van der Waals surface area contributed by atoms with Crippen LogP contribution in [0.2, 0.25) is 0 Å². The number of nitrogens with zero attached hydrogens (tertiary/aromatic N) is 4. The Morgan fingerprint density at radius 3 is 2.90 bits per heavy atom. The lowest BCUT2D eigenvalue weighted by Crippen LogP contribution is -2.11. The second-order valence-electron chi connectivity index (χ2n) is 4.38. The number of nitrogens with two attached hydrogens (primary N) is 1. The lowest BCUT2D eigenvalue weighted by atomic mass is 10.3. The molecule has 0 unspecified atom stereocenters. The fourth-order valence-corrected chi connectivity index (χ4v) is 3.08. The largest absolute Gasteiger partial charge is 0.399 e. The molecule has 2 aromatic heterocycles. The van der Waals surface area contributed by atoms with Gasteiger partial charge in [0.15, 0.2) is 0 Å². The van der Waals surface area contributed by atoms with Gasteiger partial charge in [-0.3, -0.25) is 4.68 Å². The zero-order chi connectivity index (χ0) is 14.3. The number of fused-ring (bicyclic) bond motifs is 1. The highest BCUT2D eigenvalue weighted by Crippen LogP contribution is 2.19. The van der Waals surface area contributed by atoms with Crippen LogP contribution in [0.5, 0.6) is 0 Å². The molecule has 2 heterocycles. The SMILES string of the molecule is Cn1ncnc1CS(=O)(=O)c1nc2ccc(N)cc2[nH]1. The summed E-state index contributed by atoms with van der Waals surface area (Å²) >= 11 is 0. The molecular weight excluding hydrogens is 280 g/mol. The first-order valence-electron chi connectivity index (χ1n) is 5.76. The number of H-pyrrole nitrogens is 1. The quantitative estimate of drug-likeness (QED) is 0.668. The van der Waals surface area contributed by atoms with Gasteiger partial charge in [-0.15, -0.1) is 0 Å². The Bertz CT molecular complexity index is 879. The van der Waals surface area contributed by atoms with Gasteiger partial charge in [-0.1, -0.05) is 0 Å². The minimum Gasteiger partial charge on any atom is -0.399 e. The molecule has 0 aliphatic heterocycles. The number of nitrogens with one attached hydrogen (secondary N) is 1. The third-order valence-corrected chi connectivity index (χ3v) is 4.32. The number of hydrogen-bond donors (Lipinski definition) is 2. The second-order valence-corrected chi connectivity index (χ2v) is 6.28. The van der Waals surface area contributed by atoms with Gasteiger partial charge in [0.05, 0.1) is 11.0 Å². The Hall–Kier alpha value is -2.42. The maximum atomic E-state index is 12.3. The predicted octanol–water partition coefficient (Wildman–Crippen LogP) is 0.247. The van der Waals surface area contributed by atoms with E-state index in [1.54, 1.807) is 25.2 Å². The molecule has 0 aliphatic rings. The van der Waals surface area contributed by atoms with Gasteiger partial charge in [0.2, 0.25) is 15.0 Å². The molecule has 3 N–H and O–H groups in total. The molecule has 20 heavy (non-hydrogen) atoms. The average molecular weight is 292 g/mol. The maximum absolute atomic E-state index is 12.3. The molecule has 3 rings (SSSR count). The first-order valence-corrected chi connectivity index (χ1v) is 7.42. The molecule has 9 heteroatoms. The van der Waals surface area contributed by atoms with E-state index in [9.17, 15) is 8.42 Å². The molecule has 0 amide bonds. The Morgan fingerprint density at radius 1 is 1.40 bits per heavy atom. The Kier molecular flexibility index (Phi) is 2.71. The molecule has 1 aromatic carbocycles. The molecule has 0 saturated heterocycles. The van der Waals surface area contributed by atoms with Crippen LogP contribution in [0, 0.1) is 0 Å². The summed E-state index contributed by atoms with van der Waals surface area (Å²) in [6.07, 6.45) is 1.31. The third kappa shape index (κ3) is 2.11. The summed E-state index contributed by atoms with van der Waals surface area (Å²) in [5.41, 5.74) is 7.33. The van der Waals surface area contributed by atoms with E-state index in [1.807, 2.05) is 0 Å². The first kappa shape index (κ1) is 12.6. The van der Waals surface area contributed by atoms with Crippen LogP contribution in [0.1, 0.15) is 5.82 Å². The average Bonchev–Trinajstić information content (AvgIpc) is 2.96. The zero-order valence-corrected chi connectivity index (χ0v) is 11.4. The van der Waals surface area contributed by atoms with Crippen LogP contribution < -0.4 is 5.73 Å². The van der Waals surface area contributed by atoms with E-state index < -0.39 is 9.84 Å². The van der Waals surface area contributed by atoms with Crippen molar-refractivity contribution in [3.63, 3.8) is 0 Å². The van der Waals surface area contributed by atoms with Crippen molar-refractivity contribution in [2.45, 2.75) is 10.9 Å². The monoisotopic (exact) mass is 292 g/mol. The summed E-state index contributed by atoms with van der Waals surface area (Å²) in [5.74, 6) is 0.0867. The van der Waals surface area contributed by atoms with Crippen molar-refractivity contribution >= 4 is 26.6 Å². The van der Waals surface area contributed by atoms with E-state index in [4.69, 9.17) is 5.73 Å². The van der Waals surface area contributed by atoms with Crippen molar-refractivity contribution in [1.29, 1.82) is 0 Å². The second kappa shape index (κ2) is 4.30. The Morgan fingerprint density at radius 2 is 2.20 bits per heavy atom. The molecule has 0 spiro atoms. The fraction of sp³-hybridized carbons (Fsp3) is 0.182. The normalized spacial score (nSPS) is 12.1. The molecule has 104 valence electrons. The predicted molar refractivity (Wildman–Crippen MR) is 72.4 cm³/mol. The summed E-state index contributed by atoms with van der Waals surface area (Å²) in [6, 6.07) is 4.98. The fourth-order valence-electron chi connectivity index (χ4n) is 1.84. The number of aromatic amines is 1.